The molecule has 0 heterocycles. The van der Waals surface area contributed by atoms with E-state index in [1.165, 1.54) is 5.56 Å². The molecular formula is C21H30IN3O. The van der Waals surface area contributed by atoms with Gasteiger partial charge in [0.05, 0.1) is 13.2 Å². The number of anilines is 1. The molecule has 0 amide bonds. The fourth-order valence-corrected chi connectivity index (χ4v) is 3.10. The van der Waals surface area contributed by atoms with Crippen molar-refractivity contribution < 1.29 is 4.74 Å². The number of aliphatic imine (C=N–C) groups is 1. The summed E-state index contributed by atoms with van der Waals surface area (Å²) in [6.07, 6.45) is 2.04. The third-order valence-electron chi connectivity index (χ3n) is 4.87. The van der Waals surface area contributed by atoms with Gasteiger partial charge in [0.1, 0.15) is 0 Å². The van der Waals surface area contributed by atoms with Crippen molar-refractivity contribution >= 4 is 35.6 Å². The number of nitrogens with zero attached hydrogens (tertiary/aromatic N) is 1. The Labute approximate surface area is 174 Å². The predicted molar refractivity (Wildman–Crippen MR) is 121 cm³/mol. The molecule has 2 aromatic rings. The lowest BCUT2D eigenvalue weighted by atomic mass is 9.76. The molecule has 3 N–H and O–H groups in total. The second-order valence-corrected chi connectivity index (χ2v) is 6.27. The minimum Gasteiger partial charge on any atom is -0.380 e. The van der Waals surface area contributed by atoms with Crippen molar-refractivity contribution in [3.05, 3.63) is 65.7 Å². The number of hydrogen-bond acceptors (Lipinski definition) is 2. The van der Waals surface area contributed by atoms with Crippen molar-refractivity contribution in [3.63, 3.8) is 0 Å². The van der Waals surface area contributed by atoms with E-state index in [1.54, 1.807) is 7.11 Å². The third-order valence-corrected chi connectivity index (χ3v) is 4.87. The molecule has 2 rings (SSSR count). The highest BCUT2D eigenvalue weighted by Gasteiger charge is 2.28. The summed E-state index contributed by atoms with van der Waals surface area (Å²) in [4.78, 5) is 4.65. The fraction of sp³-hybridized carbons (Fsp3) is 0.381. The summed E-state index contributed by atoms with van der Waals surface area (Å²) in [6.45, 7) is 5.62. The first-order chi connectivity index (χ1) is 12.1. The summed E-state index contributed by atoms with van der Waals surface area (Å²) >= 11 is 0. The van der Waals surface area contributed by atoms with Gasteiger partial charge in [-0.25, -0.2) is 0 Å². The Hall–Kier alpha value is -1.60. The van der Waals surface area contributed by atoms with Gasteiger partial charge >= 0.3 is 0 Å². The number of guanidine groups is 1. The minimum atomic E-state index is 0. The van der Waals surface area contributed by atoms with E-state index in [0.717, 1.165) is 24.1 Å². The van der Waals surface area contributed by atoms with Gasteiger partial charge in [0.2, 0.25) is 0 Å². The lowest BCUT2D eigenvalue weighted by Gasteiger charge is -2.30. The maximum atomic E-state index is 6.16. The van der Waals surface area contributed by atoms with Crippen molar-refractivity contribution in [2.75, 3.05) is 19.0 Å². The number of rotatable bonds is 8. The number of hydrogen-bond donors (Lipinski definition) is 2. The van der Waals surface area contributed by atoms with Crippen LogP contribution in [-0.4, -0.2) is 19.6 Å². The van der Waals surface area contributed by atoms with Crippen LogP contribution >= 0.6 is 24.0 Å². The van der Waals surface area contributed by atoms with Crippen LogP contribution in [0.15, 0.2) is 59.6 Å². The van der Waals surface area contributed by atoms with E-state index in [-0.39, 0.29) is 29.4 Å². The minimum absolute atomic E-state index is 0. The molecule has 0 radical (unpaired) electrons. The Balaban J connectivity index is 0.00000338. The first-order valence-corrected chi connectivity index (χ1v) is 8.84. The van der Waals surface area contributed by atoms with Gasteiger partial charge in [-0.2, -0.15) is 0 Å². The molecule has 26 heavy (non-hydrogen) atoms. The monoisotopic (exact) mass is 467 g/mol. The van der Waals surface area contributed by atoms with E-state index < -0.39 is 0 Å². The van der Waals surface area contributed by atoms with Crippen molar-refractivity contribution in [1.29, 1.82) is 0 Å². The molecule has 0 bridgehead atoms. The summed E-state index contributed by atoms with van der Waals surface area (Å²) in [5.74, 6) is 0.436. The molecule has 0 aromatic heterocycles. The van der Waals surface area contributed by atoms with Crippen LogP contribution in [0.4, 0.5) is 5.69 Å². The van der Waals surface area contributed by atoms with Crippen molar-refractivity contribution in [1.82, 2.24) is 0 Å². The molecule has 0 aliphatic heterocycles. The number of methoxy groups -OCH3 is 1. The van der Waals surface area contributed by atoms with Crippen LogP contribution in [0.1, 0.15) is 37.8 Å². The lowest BCUT2D eigenvalue weighted by molar-refractivity contribution is 0.185. The smallest absolute Gasteiger partial charge is 0.193 e. The summed E-state index contributed by atoms with van der Waals surface area (Å²) in [5.41, 5.74) is 9.49. The molecule has 0 atom stereocenters. The maximum Gasteiger partial charge on any atom is 0.193 e. The van der Waals surface area contributed by atoms with Gasteiger partial charge in [-0.15, -0.1) is 24.0 Å². The number of nitrogens with two attached hydrogens (primary N) is 1. The van der Waals surface area contributed by atoms with E-state index in [2.05, 4.69) is 48.4 Å². The van der Waals surface area contributed by atoms with Gasteiger partial charge < -0.3 is 15.8 Å². The standard InChI is InChI=1S/C21H29N3O.HI/c1-4-21(5-2,18-12-7-6-8-13-18)16-23-20(22)24-19-14-10-9-11-17(19)15-25-3;/h6-14H,4-5,15-16H2,1-3H3,(H3,22,23,24);1H. The van der Waals surface area contributed by atoms with Crippen LogP contribution in [0.3, 0.4) is 0 Å². The highest BCUT2D eigenvalue weighted by Crippen LogP contribution is 2.32. The van der Waals surface area contributed by atoms with Gasteiger partial charge in [-0.1, -0.05) is 62.4 Å². The normalized spacial score (nSPS) is 11.7. The van der Waals surface area contributed by atoms with E-state index in [4.69, 9.17) is 10.5 Å². The lowest BCUT2D eigenvalue weighted by Crippen LogP contribution is -2.31. The summed E-state index contributed by atoms with van der Waals surface area (Å²) < 4.78 is 5.24. The fourth-order valence-electron chi connectivity index (χ4n) is 3.10. The molecule has 0 spiro atoms. The predicted octanol–water partition coefficient (Wildman–Crippen LogP) is 4.94. The average molecular weight is 467 g/mol. The zero-order valence-electron chi connectivity index (χ0n) is 15.9. The highest BCUT2D eigenvalue weighted by molar-refractivity contribution is 14.0. The second kappa shape index (κ2) is 11.2. The Morgan fingerprint density at radius 3 is 2.27 bits per heavy atom. The molecule has 0 aliphatic rings. The van der Waals surface area contributed by atoms with Gasteiger partial charge in [0.25, 0.3) is 0 Å². The number of para-hydroxylation sites is 1. The van der Waals surface area contributed by atoms with Crippen molar-refractivity contribution in [3.8, 4) is 0 Å². The van der Waals surface area contributed by atoms with Crippen LogP contribution in [-0.2, 0) is 16.8 Å². The van der Waals surface area contributed by atoms with Crippen molar-refractivity contribution in [2.24, 2.45) is 10.7 Å². The maximum absolute atomic E-state index is 6.16. The van der Waals surface area contributed by atoms with E-state index >= 15 is 0 Å². The third kappa shape index (κ3) is 5.71. The van der Waals surface area contributed by atoms with Gasteiger partial charge in [0.15, 0.2) is 5.96 Å². The van der Waals surface area contributed by atoms with Gasteiger partial charge in [-0.05, 0) is 24.5 Å². The Bertz CT molecular complexity index is 685. The SMILES string of the molecule is CCC(CC)(CN=C(N)Nc1ccccc1COC)c1ccccc1.I. The molecular weight excluding hydrogens is 437 g/mol. The molecule has 142 valence electrons. The van der Waals surface area contributed by atoms with Crippen LogP contribution in [0.2, 0.25) is 0 Å². The largest absolute Gasteiger partial charge is 0.380 e. The highest BCUT2D eigenvalue weighted by atomic mass is 127. The Morgan fingerprint density at radius 2 is 1.65 bits per heavy atom. The summed E-state index contributed by atoms with van der Waals surface area (Å²) in [5, 5.41) is 3.22. The zero-order valence-corrected chi connectivity index (χ0v) is 18.2. The van der Waals surface area contributed by atoms with Crippen molar-refractivity contribution in [2.45, 2.75) is 38.7 Å². The molecule has 0 fully saturated rings. The Kier molecular flexibility index (Phi) is 9.65. The van der Waals surface area contributed by atoms with Crippen LogP contribution in [0.25, 0.3) is 0 Å². The first kappa shape index (κ1) is 22.4. The Morgan fingerprint density at radius 1 is 1.04 bits per heavy atom. The second-order valence-electron chi connectivity index (χ2n) is 6.27. The molecule has 0 unspecified atom stereocenters. The van der Waals surface area contributed by atoms with Crippen LogP contribution < -0.4 is 11.1 Å². The zero-order chi connectivity index (χ0) is 18.1. The van der Waals surface area contributed by atoms with E-state index in [9.17, 15) is 0 Å². The summed E-state index contributed by atoms with van der Waals surface area (Å²) in [7, 11) is 1.69. The topological polar surface area (TPSA) is 59.6 Å². The molecule has 4 nitrogen and oxygen atoms in total. The molecule has 2 aromatic carbocycles. The number of ether oxygens (including phenoxy) is 1. The van der Waals surface area contributed by atoms with Gasteiger partial charge in [0, 0.05) is 23.8 Å². The number of benzene rings is 2. The molecule has 0 saturated heterocycles. The van der Waals surface area contributed by atoms with Gasteiger partial charge in [-0.3, -0.25) is 4.99 Å². The molecule has 0 saturated carbocycles. The molecule has 0 aliphatic carbocycles. The van der Waals surface area contributed by atoms with Crippen LogP contribution in [0.5, 0.6) is 0 Å². The van der Waals surface area contributed by atoms with E-state index in [0.29, 0.717) is 19.1 Å². The molecule has 5 heteroatoms. The van der Waals surface area contributed by atoms with Crippen LogP contribution in [0, 0.1) is 0 Å². The first-order valence-electron chi connectivity index (χ1n) is 8.84. The average Bonchev–Trinajstić information content (AvgIpc) is 2.66. The van der Waals surface area contributed by atoms with E-state index in [1.807, 2.05) is 30.3 Å². The summed E-state index contributed by atoms with van der Waals surface area (Å²) in [6, 6.07) is 18.5. The quantitative estimate of drug-likeness (QED) is 0.329. The number of nitrogens with one attached hydrogen (secondary N) is 1. The number of halogens is 1.